The molecular formula is C13H20N4O2. The molecule has 1 saturated heterocycles. The van der Waals surface area contributed by atoms with Gasteiger partial charge in [0.15, 0.2) is 5.69 Å². The zero-order valence-electron chi connectivity index (χ0n) is 11.3. The lowest BCUT2D eigenvalue weighted by Crippen LogP contribution is -2.46. The maximum atomic E-state index is 11.9. The highest BCUT2D eigenvalue weighted by atomic mass is 16.2. The third kappa shape index (κ3) is 3.20. The molecule has 1 aromatic heterocycles. The smallest absolute Gasteiger partial charge is 0.279 e. The lowest BCUT2D eigenvalue weighted by molar-refractivity contribution is 0.0921. The van der Waals surface area contributed by atoms with Gasteiger partial charge in [-0.05, 0) is 24.8 Å². The van der Waals surface area contributed by atoms with E-state index in [4.69, 9.17) is 0 Å². The number of nitrogens with zero attached hydrogens (tertiary/aromatic N) is 1. The van der Waals surface area contributed by atoms with Crippen molar-refractivity contribution in [3.8, 4) is 0 Å². The topological polar surface area (TPSA) is 86.9 Å². The molecule has 1 unspecified atom stereocenters. The van der Waals surface area contributed by atoms with Crippen LogP contribution >= 0.6 is 0 Å². The van der Waals surface area contributed by atoms with Crippen LogP contribution in [0.25, 0.3) is 0 Å². The van der Waals surface area contributed by atoms with Crippen molar-refractivity contribution in [1.29, 1.82) is 0 Å². The van der Waals surface area contributed by atoms with Crippen molar-refractivity contribution in [3.63, 3.8) is 0 Å². The van der Waals surface area contributed by atoms with Crippen molar-refractivity contribution in [3.05, 3.63) is 28.4 Å². The maximum Gasteiger partial charge on any atom is 0.279 e. The van der Waals surface area contributed by atoms with E-state index in [1.54, 1.807) is 0 Å². The summed E-state index contributed by atoms with van der Waals surface area (Å²) in [5.41, 5.74) is -0.595. The van der Waals surface area contributed by atoms with Crippen LogP contribution in [0.5, 0.6) is 0 Å². The molecule has 1 atom stereocenters. The van der Waals surface area contributed by atoms with E-state index >= 15 is 0 Å². The summed E-state index contributed by atoms with van der Waals surface area (Å²) in [6.45, 7) is 5.76. The number of carbonyl (C=O) groups is 1. The van der Waals surface area contributed by atoms with Crippen LogP contribution in [0.15, 0.2) is 17.2 Å². The molecule has 3 N–H and O–H groups in total. The predicted octanol–water partition coefficient (Wildman–Crippen LogP) is 0.278. The van der Waals surface area contributed by atoms with Crippen LogP contribution in [0.1, 0.15) is 37.2 Å². The van der Waals surface area contributed by atoms with Gasteiger partial charge < -0.3 is 15.6 Å². The molecule has 2 heterocycles. The van der Waals surface area contributed by atoms with Crippen LogP contribution in [0, 0.1) is 5.41 Å². The first-order valence-electron chi connectivity index (χ1n) is 6.56. The summed E-state index contributed by atoms with van der Waals surface area (Å²) in [5.74, 6) is -0.423. The third-order valence-corrected chi connectivity index (χ3v) is 3.63. The number of H-pyrrole nitrogens is 1. The van der Waals surface area contributed by atoms with Gasteiger partial charge in [0.2, 0.25) is 0 Å². The van der Waals surface area contributed by atoms with Crippen LogP contribution in [0.2, 0.25) is 0 Å². The molecule has 1 fully saturated rings. The molecule has 0 aliphatic carbocycles. The summed E-state index contributed by atoms with van der Waals surface area (Å²) in [6, 6.07) is 0.398. The zero-order chi connectivity index (χ0) is 13.9. The predicted molar refractivity (Wildman–Crippen MR) is 72.0 cm³/mol. The van der Waals surface area contributed by atoms with Gasteiger partial charge in [-0.25, -0.2) is 4.98 Å². The lowest BCUT2D eigenvalue weighted by Gasteiger charge is -2.31. The molecule has 1 aromatic rings. The van der Waals surface area contributed by atoms with E-state index in [0.717, 1.165) is 13.0 Å². The monoisotopic (exact) mass is 264 g/mol. The second-order valence-electron chi connectivity index (χ2n) is 5.59. The fourth-order valence-corrected chi connectivity index (χ4v) is 2.38. The minimum absolute atomic E-state index is 0.0479. The number of hydrogen-bond donors (Lipinski definition) is 3. The second kappa shape index (κ2) is 5.52. The summed E-state index contributed by atoms with van der Waals surface area (Å²) >= 11 is 0. The number of aromatic nitrogens is 2. The Balaban J connectivity index is 1.97. The standard InChI is InChI=1S/C13H20N4O2/c1-13(2,9-4-3-5-14-9)8-17-12(19)10-11(18)16-7-6-15-10/h6-7,9,14H,3-5,8H2,1-2H3,(H,16,18)(H,17,19). The van der Waals surface area contributed by atoms with E-state index in [9.17, 15) is 9.59 Å². The average molecular weight is 264 g/mol. The van der Waals surface area contributed by atoms with E-state index in [1.165, 1.54) is 18.8 Å². The highest BCUT2D eigenvalue weighted by Gasteiger charge is 2.32. The van der Waals surface area contributed by atoms with Gasteiger partial charge in [0.05, 0.1) is 0 Å². The Bertz CT molecular complexity index is 503. The van der Waals surface area contributed by atoms with Crippen molar-refractivity contribution < 1.29 is 4.79 Å². The fourth-order valence-electron chi connectivity index (χ4n) is 2.38. The van der Waals surface area contributed by atoms with Crippen LogP contribution in [0.3, 0.4) is 0 Å². The summed E-state index contributed by atoms with van der Waals surface area (Å²) in [7, 11) is 0. The van der Waals surface area contributed by atoms with Crippen LogP contribution < -0.4 is 16.2 Å². The molecule has 6 heteroatoms. The molecule has 0 spiro atoms. The molecular weight excluding hydrogens is 244 g/mol. The van der Waals surface area contributed by atoms with Crippen LogP contribution in [-0.2, 0) is 0 Å². The van der Waals surface area contributed by atoms with Crippen molar-refractivity contribution >= 4 is 5.91 Å². The third-order valence-electron chi connectivity index (χ3n) is 3.63. The van der Waals surface area contributed by atoms with Gasteiger partial charge in [0.1, 0.15) is 0 Å². The highest BCUT2D eigenvalue weighted by molar-refractivity contribution is 5.91. The van der Waals surface area contributed by atoms with Gasteiger partial charge in [-0.3, -0.25) is 9.59 Å². The Morgan fingerprint density at radius 2 is 2.37 bits per heavy atom. The van der Waals surface area contributed by atoms with Crippen molar-refractivity contribution in [2.24, 2.45) is 5.41 Å². The van der Waals surface area contributed by atoms with Crippen molar-refractivity contribution in [2.45, 2.75) is 32.7 Å². The van der Waals surface area contributed by atoms with Crippen LogP contribution in [-0.4, -0.2) is 35.0 Å². The summed E-state index contributed by atoms with van der Waals surface area (Å²) in [4.78, 5) is 29.6. The molecule has 1 amide bonds. The Morgan fingerprint density at radius 3 is 3.00 bits per heavy atom. The van der Waals surface area contributed by atoms with Gasteiger partial charge in [-0.15, -0.1) is 0 Å². The zero-order valence-corrected chi connectivity index (χ0v) is 11.3. The fraction of sp³-hybridized carbons (Fsp3) is 0.615. The number of carbonyl (C=O) groups excluding carboxylic acids is 1. The number of rotatable bonds is 4. The largest absolute Gasteiger partial charge is 0.350 e. The summed E-state index contributed by atoms with van der Waals surface area (Å²) in [6.07, 6.45) is 5.10. The number of hydrogen-bond acceptors (Lipinski definition) is 4. The molecule has 104 valence electrons. The molecule has 1 aliphatic rings. The van der Waals surface area contributed by atoms with Crippen molar-refractivity contribution in [1.82, 2.24) is 20.6 Å². The first-order chi connectivity index (χ1) is 9.00. The Morgan fingerprint density at radius 1 is 1.58 bits per heavy atom. The molecule has 19 heavy (non-hydrogen) atoms. The van der Waals surface area contributed by atoms with Crippen LogP contribution in [0.4, 0.5) is 0 Å². The molecule has 2 rings (SSSR count). The SMILES string of the molecule is CC(C)(CNC(=O)c1ncc[nH]c1=O)C1CCCN1. The first-order valence-corrected chi connectivity index (χ1v) is 6.56. The summed E-state index contributed by atoms with van der Waals surface area (Å²) in [5, 5.41) is 6.23. The van der Waals surface area contributed by atoms with E-state index in [0.29, 0.717) is 12.6 Å². The Labute approximate surface area is 112 Å². The van der Waals surface area contributed by atoms with E-state index in [2.05, 4.69) is 34.4 Å². The molecule has 6 nitrogen and oxygen atoms in total. The molecule has 0 bridgehead atoms. The quantitative estimate of drug-likeness (QED) is 0.729. The number of nitrogens with one attached hydrogen (secondary N) is 3. The molecule has 1 aliphatic heterocycles. The van der Waals surface area contributed by atoms with Gasteiger partial charge in [0.25, 0.3) is 11.5 Å². The summed E-state index contributed by atoms with van der Waals surface area (Å²) < 4.78 is 0. The minimum atomic E-state index is -0.461. The van der Waals surface area contributed by atoms with E-state index < -0.39 is 11.5 Å². The molecule has 0 radical (unpaired) electrons. The van der Waals surface area contributed by atoms with Gasteiger partial charge in [0, 0.05) is 25.0 Å². The Kier molecular flexibility index (Phi) is 3.99. The Hall–Kier alpha value is -1.69. The lowest BCUT2D eigenvalue weighted by atomic mass is 9.83. The normalized spacial score (nSPS) is 19.4. The van der Waals surface area contributed by atoms with Gasteiger partial charge in [-0.1, -0.05) is 13.8 Å². The van der Waals surface area contributed by atoms with Gasteiger partial charge in [-0.2, -0.15) is 0 Å². The highest BCUT2D eigenvalue weighted by Crippen LogP contribution is 2.26. The van der Waals surface area contributed by atoms with Crippen molar-refractivity contribution in [2.75, 3.05) is 13.1 Å². The second-order valence-corrected chi connectivity index (χ2v) is 5.59. The van der Waals surface area contributed by atoms with E-state index in [-0.39, 0.29) is 11.1 Å². The first kappa shape index (κ1) is 13.7. The molecule has 0 saturated carbocycles. The van der Waals surface area contributed by atoms with E-state index in [1.807, 2.05) is 0 Å². The maximum absolute atomic E-state index is 11.9. The number of aromatic amines is 1. The number of amides is 1. The molecule has 0 aromatic carbocycles. The van der Waals surface area contributed by atoms with Gasteiger partial charge >= 0.3 is 0 Å². The minimum Gasteiger partial charge on any atom is -0.350 e. The average Bonchev–Trinajstić information content (AvgIpc) is 2.91.